The Hall–Kier alpha value is -3.05. The minimum atomic E-state index is -0.507. The van der Waals surface area contributed by atoms with Crippen LogP contribution in [0.3, 0.4) is 0 Å². The van der Waals surface area contributed by atoms with E-state index < -0.39 is 6.04 Å². The van der Waals surface area contributed by atoms with Gasteiger partial charge in [-0.3, -0.25) is 4.79 Å². The number of aromatic nitrogens is 4. The lowest BCUT2D eigenvalue weighted by Crippen LogP contribution is -2.53. The molecule has 3 heterocycles. The summed E-state index contributed by atoms with van der Waals surface area (Å²) in [4.78, 5) is 33.3. The van der Waals surface area contributed by atoms with Gasteiger partial charge in [-0.25, -0.2) is 15.0 Å². The summed E-state index contributed by atoms with van der Waals surface area (Å²) in [5, 5.41) is 0. The number of carbonyl (C=O) groups excluding carboxylic acids is 1. The molecular weight excluding hydrogens is 400 g/mol. The number of carbonyl (C=O) groups is 1. The van der Waals surface area contributed by atoms with Crippen molar-refractivity contribution in [3.63, 3.8) is 0 Å². The summed E-state index contributed by atoms with van der Waals surface area (Å²) >= 11 is 0. The average molecular weight is 428 g/mol. The summed E-state index contributed by atoms with van der Waals surface area (Å²) in [6.45, 7) is 4.35. The van der Waals surface area contributed by atoms with Gasteiger partial charge in [-0.1, -0.05) is 0 Å². The maximum Gasteiger partial charge on any atom is 0.239 e. The predicted octanol–water partition coefficient (Wildman–Crippen LogP) is 0.0678. The number of amides is 1. The van der Waals surface area contributed by atoms with Gasteiger partial charge in [-0.15, -0.1) is 0 Å². The van der Waals surface area contributed by atoms with Crippen molar-refractivity contribution in [3.05, 3.63) is 18.5 Å². The molecule has 2 aliphatic rings. The molecule has 166 valence electrons. The van der Waals surface area contributed by atoms with E-state index in [1.807, 2.05) is 0 Å². The molecule has 11 nitrogen and oxygen atoms in total. The zero-order valence-corrected chi connectivity index (χ0v) is 17.8. The first-order valence-corrected chi connectivity index (χ1v) is 10.4. The van der Waals surface area contributed by atoms with Gasteiger partial charge in [0.1, 0.15) is 6.10 Å². The lowest BCUT2D eigenvalue weighted by atomic mass is 9.88. The molecule has 31 heavy (non-hydrogen) atoms. The van der Waals surface area contributed by atoms with E-state index >= 15 is 0 Å². The maximum atomic E-state index is 12.1. The largest absolute Gasteiger partial charge is 0.474 e. The van der Waals surface area contributed by atoms with Gasteiger partial charge in [0.05, 0.1) is 24.9 Å². The second-order valence-corrected chi connectivity index (χ2v) is 7.92. The van der Waals surface area contributed by atoms with Gasteiger partial charge in [-0.2, -0.15) is 4.98 Å². The summed E-state index contributed by atoms with van der Waals surface area (Å²) in [5.74, 6) is 1.19. The molecule has 11 heteroatoms. The predicted molar refractivity (Wildman–Crippen MR) is 114 cm³/mol. The molecule has 1 saturated carbocycles. The molecule has 0 radical (unpaired) electrons. The molecule has 1 aliphatic heterocycles. The van der Waals surface area contributed by atoms with Crippen molar-refractivity contribution in [2.45, 2.75) is 38.0 Å². The van der Waals surface area contributed by atoms with Crippen LogP contribution in [0.15, 0.2) is 18.5 Å². The molecular formula is C20H28N8O3. The Bertz CT molecular complexity index is 911. The molecule has 1 saturated heterocycles. The van der Waals surface area contributed by atoms with Gasteiger partial charge in [0, 0.05) is 63.0 Å². The van der Waals surface area contributed by atoms with Crippen molar-refractivity contribution in [1.29, 1.82) is 0 Å². The number of nitrogens with zero attached hydrogens (tertiary/aromatic N) is 6. The van der Waals surface area contributed by atoms with Gasteiger partial charge < -0.3 is 30.7 Å². The summed E-state index contributed by atoms with van der Waals surface area (Å²) in [6.07, 6.45) is 4.69. The van der Waals surface area contributed by atoms with Gasteiger partial charge >= 0.3 is 0 Å². The second kappa shape index (κ2) is 8.98. The van der Waals surface area contributed by atoms with Crippen LogP contribution in [0.5, 0.6) is 5.88 Å². The van der Waals surface area contributed by atoms with Crippen LogP contribution in [0.4, 0.5) is 11.9 Å². The first-order valence-electron chi connectivity index (χ1n) is 10.4. The summed E-state index contributed by atoms with van der Waals surface area (Å²) in [7, 11) is 1.78. The van der Waals surface area contributed by atoms with Crippen molar-refractivity contribution in [1.82, 2.24) is 24.8 Å². The Kier molecular flexibility index (Phi) is 6.14. The highest BCUT2D eigenvalue weighted by molar-refractivity contribution is 5.81. The maximum absolute atomic E-state index is 12.1. The van der Waals surface area contributed by atoms with Gasteiger partial charge in [0.15, 0.2) is 0 Å². The molecule has 2 fully saturated rings. The monoisotopic (exact) mass is 428 g/mol. The van der Waals surface area contributed by atoms with Crippen LogP contribution >= 0.6 is 0 Å². The van der Waals surface area contributed by atoms with Crippen LogP contribution in [-0.4, -0.2) is 82.3 Å². The first kappa shape index (κ1) is 21.2. The molecule has 4 N–H and O–H groups in total. The number of hydrogen-bond donors (Lipinski definition) is 2. The zero-order valence-electron chi connectivity index (χ0n) is 17.8. The highest BCUT2D eigenvalue weighted by atomic mass is 16.5. The highest BCUT2D eigenvalue weighted by Crippen LogP contribution is 2.31. The summed E-state index contributed by atoms with van der Waals surface area (Å²) < 4.78 is 11.6. The summed E-state index contributed by atoms with van der Waals surface area (Å²) in [6, 6.07) is 1.39. The lowest BCUT2D eigenvalue weighted by molar-refractivity contribution is -0.136. The molecule has 0 unspecified atom stereocenters. The quantitative estimate of drug-likeness (QED) is 0.648. The van der Waals surface area contributed by atoms with Crippen molar-refractivity contribution in [2.75, 3.05) is 44.0 Å². The topological polar surface area (TPSA) is 146 Å². The average Bonchev–Trinajstić information content (AvgIpc) is 2.76. The third-order valence-electron chi connectivity index (χ3n) is 5.59. The number of hydrogen-bond acceptors (Lipinski definition) is 10. The fourth-order valence-electron chi connectivity index (χ4n) is 3.62. The fraction of sp³-hybridized carbons (Fsp3) is 0.550. The Balaban J connectivity index is 1.51. The minimum absolute atomic E-state index is 0.0312. The Morgan fingerprint density at radius 3 is 2.58 bits per heavy atom. The van der Waals surface area contributed by atoms with E-state index in [0.29, 0.717) is 43.8 Å². The van der Waals surface area contributed by atoms with E-state index in [-0.39, 0.29) is 24.0 Å². The van der Waals surface area contributed by atoms with E-state index in [4.69, 9.17) is 20.9 Å². The van der Waals surface area contributed by atoms with Crippen LogP contribution in [0.1, 0.15) is 19.8 Å². The molecule has 2 aromatic rings. The van der Waals surface area contributed by atoms with E-state index in [0.717, 1.165) is 18.4 Å². The Morgan fingerprint density at radius 1 is 1.26 bits per heavy atom. The van der Waals surface area contributed by atoms with E-state index in [1.165, 1.54) is 0 Å². The molecule has 2 aromatic heterocycles. The fourth-order valence-corrected chi connectivity index (χ4v) is 3.62. The van der Waals surface area contributed by atoms with Crippen LogP contribution in [0.25, 0.3) is 11.3 Å². The third-order valence-corrected chi connectivity index (χ3v) is 5.59. The Labute approximate surface area is 180 Å². The van der Waals surface area contributed by atoms with E-state index in [9.17, 15) is 4.79 Å². The third kappa shape index (κ3) is 4.83. The first-order chi connectivity index (χ1) is 14.9. The molecule has 0 aromatic carbocycles. The van der Waals surface area contributed by atoms with Crippen molar-refractivity contribution in [3.8, 4) is 17.1 Å². The molecule has 0 bridgehead atoms. The van der Waals surface area contributed by atoms with E-state index in [2.05, 4.69) is 24.8 Å². The number of ether oxygens (including phenoxy) is 2. The number of nitrogen functional groups attached to an aromatic ring is 1. The molecule has 1 atom stereocenters. The van der Waals surface area contributed by atoms with Crippen LogP contribution < -0.4 is 21.1 Å². The second-order valence-electron chi connectivity index (χ2n) is 7.92. The molecule has 0 spiro atoms. The van der Waals surface area contributed by atoms with Crippen molar-refractivity contribution < 1.29 is 14.3 Å². The molecule has 1 aliphatic carbocycles. The Morgan fingerprint density at radius 2 is 1.94 bits per heavy atom. The van der Waals surface area contributed by atoms with Crippen LogP contribution in [0, 0.1) is 0 Å². The number of nitrogens with two attached hydrogens (primary N) is 2. The SMILES string of the molecule is C[C@H](N)C(=O)N(C)[C@H]1C[C@H](Oc2cc(-c3cnc(N)nc3)nc(N3CCOCC3)n2)C1. The number of likely N-dealkylation sites (N-methyl/N-ethyl adjacent to an activating group) is 1. The van der Waals surface area contributed by atoms with Gasteiger partial charge in [0.25, 0.3) is 0 Å². The number of rotatable bonds is 6. The normalized spacial score (nSPS) is 21.8. The van der Waals surface area contributed by atoms with Crippen molar-refractivity contribution in [2.24, 2.45) is 5.73 Å². The standard InChI is InChI=1S/C20H28N8O3/c1-12(21)18(29)27(2)14-7-15(8-14)31-17-9-16(13-10-23-19(22)24-11-13)25-20(26-17)28-3-5-30-6-4-28/h9-12,14-15H,3-8,21H2,1-2H3,(H2,22,23,24)/t12-,14-,15-/m0/s1. The summed E-state index contributed by atoms with van der Waals surface area (Å²) in [5.41, 5.74) is 12.7. The van der Waals surface area contributed by atoms with Crippen LogP contribution in [-0.2, 0) is 9.53 Å². The number of morpholine rings is 1. The van der Waals surface area contributed by atoms with Crippen molar-refractivity contribution >= 4 is 17.8 Å². The van der Waals surface area contributed by atoms with Gasteiger partial charge in [0.2, 0.25) is 23.7 Å². The molecule has 4 rings (SSSR count). The number of anilines is 2. The zero-order chi connectivity index (χ0) is 22.0. The van der Waals surface area contributed by atoms with E-state index in [1.54, 1.807) is 37.3 Å². The minimum Gasteiger partial charge on any atom is -0.474 e. The molecule has 1 amide bonds. The van der Waals surface area contributed by atoms with Gasteiger partial charge in [-0.05, 0) is 6.92 Å². The highest BCUT2D eigenvalue weighted by Gasteiger charge is 2.36. The smallest absolute Gasteiger partial charge is 0.239 e. The lowest BCUT2D eigenvalue weighted by Gasteiger charge is -2.41. The van der Waals surface area contributed by atoms with Crippen LogP contribution in [0.2, 0.25) is 0 Å².